The van der Waals surface area contributed by atoms with Gasteiger partial charge in [-0.3, -0.25) is 19.4 Å². The van der Waals surface area contributed by atoms with E-state index in [-0.39, 0.29) is 50.3 Å². The van der Waals surface area contributed by atoms with Gasteiger partial charge in [-0.2, -0.15) is 13.2 Å². The maximum absolute atomic E-state index is 13.3. The number of aliphatic hydroxyl groups is 1. The zero-order valence-electron chi connectivity index (χ0n) is 30.0. The summed E-state index contributed by atoms with van der Waals surface area (Å²) in [6, 6.07) is 15.6. The molecule has 54 heavy (non-hydrogen) atoms. The van der Waals surface area contributed by atoms with Gasteiger partial charge in [-0.1, -0.05) is 79.9 Å². The Morgan fingerprint density at radius 2 is 1.46 bits per heavy atom. The Balaban J connectivity index is 0.00000131. The molecule has 10 N–H and O–H groups in total. The summed E-state index contributed by atoms with van der Waals surface area (Å²) >= 11 is 0. The van der Waals surface area contributed by atoms with Crippen molar-refractivity contribution in [2.45, 2.75) is 108 Å². The zero-order chi connectivity index (χ0) is 40.1. The molecule has 0 saturated heterocycles. The van der Waals surface area contributed by atoms with Crippen molar-refractivity contribution < 1.29 is 52.1 Å². The third kappa shape index (κ3) is 18.4. The maximum Gasteiger partial charge on any atom is 0.490 e. The number of ether oxygens (including phenoxy) is 1. The number of aliphatic imine (C=N–C) groups is 1. The highest BCUT2D eigenvalue weighted by molar-refractivity contribution is 5.91. The van der Waals surface area contributed by atoms with Crippen molar-refractivity contribution in [1.82, 2.24) is 21.3 Å². The summed E-state index contributed by atoms with van der Waals surface area (Å²) in [4.78, 5) is 64.8. The topological polar surface area (TPSA) is 248 Å². The third-order valence-corrected chi connectivity index (χ3v) is 8.22. The average molecular weight is 766 g/mol. The lowest BCUT2D eigenvalue weighted by molar-refractivity contribution is -0.192. The Bertz CT molecular complexity index is 1510. The fourth-order valence-electron chi connectivity index (χ4n) is 5.38. The molecule has 1 fully saturated rings. The highest BCUT2D eigenvalue weighted by Crippen LogP contribution is 2.18. The molecule has 1 aliphatic rings. The Kier molecular flexibility index (Phi) is 19.3. The predicted molar refractivity (Wildman–Crippen MR) is 192 cm³/mol. The minimum atomic E-state index is -5.08. The Morgan fingerprint density at radius 1 is 0.889 bits per heavy atom. The van der Waals surface area contributed by atoms with Gasteiger partial charge in [0.15, 0.2) is 5.96 Å². The number of aliphatic hydroxyl groups excluding tert-OH is 1. The molecular formula is C36H50F3N7O8. The summed E-state index contributed by atoms with van der Waals surface area (Å²) < 4.78 is 37.0. The van der Waals surface area contributed by atoms with Crippen LogP contribution in [0.3, 0.4) is 0 Å². The Morgan fingerprint density at radius 3 is 2.02 bits per heavy atom. The molecule has 0 unspecified atom stereocenters. The number of nitrogens with one attached hydrogen (secondary N) is 4. The third-order valence-electron chi connectivity index (χ3n) is 8.22. The summed E-state index contributed by atoms with van der Waals surface area (Å²) in [6.45, 7) is 1.74. The molecule has 0 spiro atoms. The number of carbonyl (C=O) groups is 5. The molecule has 2 aromatic carbocycles. The second-order valence-corrected chi connectivity index (χ2v) is 12.7. The van der Waals surface area contributed by atoms with E-state index >= 15 is 0 Å². The predicted octanol–water partition coefficient (Wildman–Crippen LogP) is 2.40. The molecule has 298 valence electrons. The van der Waals surface area contributed by atoms with Gasteiger partial charge in [0.25, 0.3) is 0 Å². The SMILES string of the molecule is C[C@H](NC(=O)[C@H](CCCN=C(N)N)NC(=O)OCc1ccccc1)C(=O)N[C@@H](Cc1ccccc1)[C@@H](O)CC(=O)NC1CCCCC1.O=C(O)C(F)(F)F. The highest BCUT2D eigenvalue weighted by atomic mass is 19.4. The first-order chi connectivity index (χ1) is 25.5. The summed E-state index contributed by atoms with van der Waals surface area (Å²) in [7, 11) is 0. The monoisotopic (exact) mass is 765 g/mol. The van der Waals surface area contributed by atoms with Crippen molar-refractivity contribution in [3.8, 4) is 0 Å². The first kappa shape index (κ1) is 44.8. The van der Waals surface area contributed by atoms with Crippen molar-refractivity contribution in [3.05, 3.63) is 71.8 Å². The zero-order valence-corrected chi connectivity index (χ0v) is 30.0. The number of carboxylic acid groups (broad SMARTS) is 1. The minimum absolute atomic E-state index is 0.0115. The number of amides is 4. The lowest BCUT2D eigenvalue weighted by atomic mass is 9.94. The van der Waals surface area contributed by atoms with Crippen LogP contribution in [0.2, 0.25) is 0 Å². The van der Waals surface area contributed by atoms with Crippen LogP contribution in [0, 0.1) is 0 Å². The number of aliphatic carboxylic acids is 1. The van der Waals surface area contributed by atoms with Crippen molar-refractivity contribution in [1.29, 1.82) is 0 Å². The van der Waals surface area contributed by atoms with Crippen LogP contribution in [0.15, 0.2) is 65.7 Å². The lowest BCUT2D eigenvalue weighted by Crippen LogP contribution is -2.56. The molecule has 0 heterocycles. The second kappa shape index (κ2) is 23.3. The Hall–Kier alpha value is -5.39. The highest BCUT2D eigenvalue weighted by Gasteiger charge is 2.38. The van der Waals surface area contributed by atoms with Crippen molar-refractivity contribution in [3.63, 3.8) is 0 Å². The fourth-order valence-corrected chi connectivity index (χ4v) is 5.38. The molecule has 1 aliphatic carbocycles. The summed E-state index contributed by atoms with van der Waals surface area (Å²) in [5.74, 6) is -4.29. The standard InChI is InChI=1S/C34H49N7O6.C2HF3O2/c1-23(38-32(45)27(18-11-19-37-33(35)36)41-34(46)47-22-25-14-7-3-8-15-25)31(44)40-28(20-24-12-5-2-6-13-24)29(42)21-30(43)39-26-16-9-4-10-17-26;3-2(4,5)1(6)7/h2-3,5-8,12-15,23,26-29,42H,4,9-11,16-22H2,1H3,(H,38,45)(H,39,43)(H,40,44)(H,41,46)(H4,35,36,37);(H,6,7)/t23-,27-,28-,29-;/m0./s1. The number of nitrogens with two attached hydrogens (primary N) is 2. The van der Waals surface area contributed by atoms with Crippen LogP contribution in [0.4, 0.5) is 18.0 Å². The second-order valence-electron chi connectivity index (χ2n) is 12.7. The number of alkyl halides is 3. The molecule has 4 atom stereocenters. The molecule has 18 heteroatoms. The van der Waals surface area contributed by atoms with E-state index in [0.29, 0.717) is 6.42 Å². The van der Waals surface area contributed by atoms with E-state index < -0.39 is 54.3 Å². The van der Waals surface area contributed by atoms with E-state index in [4.69, 9.17) is 26.1 Å². The van der Waals surface area contributed by atoms with Crippen molar-refractivity contribution in [2.24, 2.45) is 16.5 Å². The van der Waals surface area contributed by atoms with Gasteiger partial charge in [0.1, 0.15) is 18.7 Å². The fraction of sp³-hybridized carbons (Fsp3) is 0.500. The number of hydrogen-bond acceptors (Lipinski definition) is 8. The number of guanidine groups is 1. The van der Waals surface area contributed by atoms with Crippen LogP contribution in [0.25, 0.3) is 0 Å². The van der Waals surface area contributed by atoms with Crippen LogP contribution in [0.1, 0.15) is 69.4 Å². The van der Waals surface area contributed by atoms with Gasteiger partial charge in [-0.05, 0) is 50.2 Å². The molecular weight excluding hydrogens is 715 g/mol. The van der Waals surface area contributed by atoms with Gasteiger partial charge < -0.3 is 47.7 Å². The number of hydrogen-bond donors (Lipinski definition) is 8. The molecule has 3 rings (SSSR count). The van der Waals surface area contributed by atoms with Crippen LogP contribution in [-0.4, -0.2) is 88.9 Å². The molecule has 15 nitrogen and oxygen atoms in total. The maximum atomic E-state index is 13.3. The van der Waals surface area contributed by atoms with Crippen LogP contribution < -0.4 is 32.7 Å². The summed E-state index contributed by atoms with van der Waals surface area (Å²) in [5, 5.41) is 29.3. The summed E-state index contributed by atoms with van der Waals surface area (Å²) in [6.07, 6.45) is -1.32. The van der Waals surface area contributed by atoms with E-state index in [9.17, 15) is 37.5 Å². The molecule has 0 bridgehead atoms. The number of carboxylic acids is 1. The molecule has 4 amide bonds. The van der Waals surface area contributed by atoms with Crippen molar-refractivity contribution in [2.75, 3.05) is 6.54 Å². The number of benzene rings is 2. The van der Waals surface area contributed by atoms with Gasteiger partial charge in [0.05, 0.1) is 18.6 Å². The molecule has 0 aromatic heterocycles. The number of nitrogens with zero attached hydrogens (tertiary/aromatic N) is 1. The lowest BCUT2D eigenvalue weighted by Gasteiger charge is -2.28. The number of alkyl carbamates (subject to hydrolysis) is 1. The number of carbonyl (C=O) groups excluding carboxylic acids is 4. The molecule has 2 aromatic rings. The van der Waals surface area contributed by atoms with Gasteiger partial charge in [-0.15, -0.1) is 0 Å². The van der Waals surface area contributed by atoms with E-state index in [0.717, 1.165) is 43.2 Å². The van der Waals surface area contributed by atoms with Gasteiger partial charge in [0.2, 0.25) is 17.7 Å². The molecule has 1 saturated carbocycles. The van der Waals surface area contributed by atoms with Gasteiger partial charge in [0, 0.05) is 12.6 Å². The first-order valence-corrected chi connectivity index (χ1v) is 17.5. The van der Waals surface area contributed by atoms with E-state index in [1.165, 1.54) is 6.92 Å². The van der Waals surface area contributed by atoms with Gasteiger partial charge >= 0.3 is 18.2 Å². The first-order valence-electron chi connectivity index (χ1n) is 17.5. The van der Waals surface area contributed by atoms with Crippen LogP contribution >= 0.6 is 0 Å². The normalized spacial score (nSPS) is 15.1. The smallest absolute Gasteiger partial charge is 0.475 e. The van der Waals surface area contributed by atoms with Crippen LogP contribution in [-0.2, 0) is 36.9 Å². The van der Waals surface area contributed by atoms with E-state index in [2.05, 4.69) is 26.3 Å². The number of rotatable bonds is 17. The quantitative estimate of drug-likeness (QED) is 0.0664. The van der Waals surface area contributed by atoms with Crippen LogP contribution in [0.5, 0.6) is 0 Å². The summed E-state index contributed by atoms with van der Waals surface area (Å²) in [5.41, 5.74) is 12.4. The number of halogens is 3. The minimum Gasteiger partial charge on any atom is -0.475 e. The molecule has 0 aliphatic heterocycles. The average Bonchev–Trinajstić information content (AvgIpc) is 3.12. The molecule has 0 radical (unpaired) electrons. The Labute approximate surface area is 311 Å². The van der Waals surface area contributed by atoms with Gasteiger partial charge in [-0.25, -0.2) is 9.59 Å². The van der Waals surface area contributed by atoms with E-state index in [1.54, 1.807) is 12.1 Å². The largest absolute Gasteiger partial charge is 0.490 e. The van der Waals surface area contributed by atoms with E-state index in [1.807, 2.05) is 48.5 Å². The van der Waals surface area contributed by atoms with Crippen molar-refractivity contribution >= 4 is 35.7 Å².